The number of hydrogen-bond donors (Lipinski definition) is 2. The highest BCUT2D eigenvalue weighted by atomic mass is 16.5. The van der Waals surface area contributed by atoms with E-state index in [4.69, 9.17) is 4.74 Å². The van der Waals surface area contributed by atoms with Gasteiger partial charge in [0.05, 0.1) is 24.3 Å². The van der Waals surface area contributed by atoms with Crippen molar-refractivity contribution in [3.05, 3.63) is 22.5 Å². The van der Waals surface area contributed by atoms with E-state index in [1.807, 2.05) is 0 Å². The van der Waals surface area contributed by atoms with Crippen LogP contribution in [0.3, 0.4) is 0 Å². The van der Waals surface area contributed by atoms with E-state index in [2.05, 4.69) is 10.3 Å². The van der Waals surface area contributed by atoms with Gasteiger partial charge in [0.15, 0.2) is 5.78 Å². The zero-order valence-electron chi connectivity index (χ0n) is 17.4. The van der Waals surface area contributed by atoms with Gasteiger partial charge in [0.25, 0.3) is 5.91 Å². The molecule has 0 aromatic carbocycles. The summed E-state index contributed by atoms with van der Waals surface area (Å²) in [6.07, 6.45) is 6.15. The van der Waals surface area contributed by atoms with Crippen LogP contribution >= 0.6 is 0 Å². The van der Waals surface area contributed by atoms with Crippen molar-refractivity contribution in [1.82, 2.24) is 15.2 Å². The lowest BCUT2D eigenvalue weighted by Crippen LogP contribution is -2.47. The summed E-state index contributed by atoms with van der Waals surface area (Å²) in [5.41, 5.74) is 0.494. The number of ketones is 1. The largest absolute Gasteiger partial charge is 0.462 e. The molecule has 1 saturated carbocycles. The summed E-state index contributed by atoms with van der Waals surface area (Å²) in [5, 5.41) is 2.86. The van der Waals surface area contributed by atoms with Crippen LogP contribution < -0.4 is 5.32 Å². The van der Waals surface area contributed by atoms with Gasteiger partial charge in [-0.1, -0.05) is 32.1 Å². The van der Waals surface area contributed by atoms with Gasteiger partial charge in [-0.25, -0.2) is 9.59 Å². The molecule has 2 N–H and O–H groups in total. The number of nitrogens with zero attached hydrogens (tertiary/aromatic N) is 1. The van der Waals surface area contributed by atoms with Crippen molar-refractivity contribution >= 4 is 23.7 Å². The average molecular weight is 403 g/mol. The van der Waals surface area contributed by atoms with Gasteiger partial charge in [-0.05, 0) is 33.6 Å². The Morgan fingerprint density at radius 1 is 1.00 bits per heavy atom. The Labute approximate surface area is 170 Å². The predicted molar refractivity (Wildman–Crippen MR) is 106 cm³/mol. The second-order valence-electron chi connectivity index (χ2n) is 7.94. The smallest absolute Gasteiger partial charge is 0.340 e. The monoisotopic (exact) mass is 403 g/mol. The van der Waals surface area contributed by atoms with E-state index in [1.54, 1.807) is 20.8 Å². The number of urea groups is 1. The Hall–Kier alpha value is -2.64. The number of aromatic amines is 1. The molecule has 0 unspecified atom stereocenters. The molecule has 1 aromatic heterocycles. The Kier molecular flexibility index (Phi) is 6.10. The molecule has 0 bridgehead atoms. The molecule has 1 aliphatic heterocycles. The van der Waals surface area contributed by atoms with Crippen LogP contribution in [0.25, 0.3) is 0 Å². The van der Waals surface area contributed by atoms with Crippen molar-refractivity contribution in [1.29, 1.82) is 0 Å². The number of H-pyrrole nitrogens is 1. The number of ether oxygens (including phenoxy) is 1. The maximum atomic E-state index is 13.1. The molecule has 0 radical (unpaired) electrons. The van der Waals surface area contributed by atoms with Crippen LogP contribution in [0.15, 0.2) is 0 Å². The summed E-state index contributed by atoms with van der Waals surface area (Å²) in [7, 11) is 0. The maximum absolute atomic E-state index is 13.1. The predicted octanol–water partition coefficient (Wildman–Crippen LogP) is 3.03. The van der Waals surface area contributed by atoms with E-state index in [0.29, 0.717) is 24.2 Å². The van der Waals surface area contributed by atoms with Crippen molar-refractivity contribution in [2.75, 3.05) is 13.2 Å². The van der Waals surface area contributed by atoms with E-state index in [-0.39, 0.29) is 23.6 Å². The molecule has 2 fully saturated rings. The van der Waals surface area contributed by atoms with Crippen LogP contribution in [0, 0.1) is 13.8 Å². The van der Waals surface area contributed by atoms with Gasteiger partial charge in [-0.15, -0.1) is 0 Å². The highest BCUT2D eigenvalue weighted by molar-refractivity contribution is 6.14. The Morgan fingerprint density at radius 3 is 2.21 bits per heavy atom. The summed E-state index contributed by atoms with van der Waals surface area (Å²) < 4.78 is 5.07. The highest BCUT2D eigenvalue weighted by Crippen LogP contribution is 2.32. The molecule has 8 heteroatoms. The van der Waals surface area contributed by atoms with E-state index in [9.17, 15) is 19.2 Å². The molecule has 3 amide bonds. The number of amides is 3. The molecule has 8 nitrogen and oxygen atoms in total. The zero-order chi connectivity index (χ0) is 21.2. The standard InChI is InChI=1S/C21H29N3O5/c1-4-29-18(26)17-14(3)22-13(2)16(17)15(25)12-24-19(27)21(23-20(24)28)10-8-6-5-7-9-11-21/h22H,4-12H2,1-3H3,(H,23,28). The molecule has 29 heavy (non-hydrogen) atoms. The molecule has 1 aliphatic carbocycles. The number of hydrogen-bond acceptors (Lipinski definition) is 5. The first-order valence-electron chi connectivity index (χ1n) is 10.3. The number of carbonyl (C=O) groups is 4. The first-order chi connectivity index (χ1) is 13.8. The van der Waals surface area contributed by atoms with E-state index >= 15 is 0 Å². The van der Waals surface area contributed by atoms with Crippen LogP contribution in [-0.4, -0.2) is 52.3 Å². The SMILES string of the molecule is CCOC(=O)c1c(C)[nH]c(C)c1C(=O)CN1C(=O)NC2(CCCCCCC2)C1=O. The van der Waals surface area contributed by atoms with Gasteiger partial charge in [0, 0.05) is 11.4 Å². The number of Topliss-reactive ketones (excluding diaryl/α,β-unsaturated/α-hetero) is 1. The molecule has 3 rings (SSSR count). The molecule has 1 spiro atoms. The second-order valence-corrected chi connectivity index (χ2v) is 7.94. The van der Waals surface area contributed by atoms with Crippen molar-refractivity contribution in [3.63, 3.8) is 0 Å². The Morgan fingerprint density at radius 2 is 1.59 bits per heavy atom. The van der Waals surface area contributed by atoms with E-state index in [1.165, 1.54) is 0 Å². The fourth-order valence-corrected chi connectivity index (χ4v) is 4.48. The zero-order valence-corrected chi connectivity index (χ0v) is 17.4. The first-order valence-corrected chi connectivity index (χ1v) is 10.3. The third kappa shape index (κ3) is 3.93. The van der Waals surface area contributed by atoms with Gasteiger partial charge >= 0.3 is 12.0 Å². The molecule has 158 valence electrons. The summed E-state index contributed by atoms with van der Waals surface area (Å²) in [6.45, 7) is 4.86. The summed E-state index contributed by atoms with van der Waals surface area (Å²) in [4.78, 5) is 55.1. The molecular formula is C21H29N3O5. The van der Waals surface area contributed by atoms with E-state index in [0.717, 1.165) is 37.0 Å². The van der Waals surface area contributed by atoms with Crippen LogP contribution in [0.2, 0.25) is 0 Å². The van der Waals surface area contributed by atoms with Crippen LogP contribution in [0.1, 0.15) is 84.0 Å². The molecule has 1 saturated heterocycles. The Bertz CT molecular complexity index is 834. The third-order valence-corrected chi connectivity index (χ3v) is 5.89. The van der Waals surface area contributed by atoms with Gasteiger partial charge < -0.3 is 15.0 Å². The summed E-state index contributed by atoms with van der Waals surface area (Å²) in [5.74, 6) is -1.38. The molecule has 2 heterocycles. The molecule has 2 aliphatic rings. The minimum atomic E-state index is -0.898. The van der Waals surface area contributed by atoms with Crippen LogP contribution in [0.5, 0.6) is 0 Å². The van der Waals surface area contributed by atoms with Crippen molar-refractivity contribution in [2.24, 2.45) is 0 Å². The first kappa shape index (κ1) is 21.1. The normalized spacial score (nSPS) is 19.1. The van der Waals surface area contributed by atoms with Crippen LogP contribution in [-0.2, 0) is 9.53 Å². The fraction of sp³-hybridized carbons (Fsp3) is 0.619. The third-order valence-electron chi connectivity index (χ3n) is 5.89. The molecule has 1 aromatic rings. The minimum Gasteiger partial charge on any atom is -0.462 e. The second kappa shape index (κ2) is 8.39. The number of nitrogens with one attached hydrogen (secondary N) is 2. The number of rotatable bonds is 5. The average Bonchev–Trinajstić information content (AvgIpc) is 3.06. The quantitative estimate of drug-likeness (QED) is 0.446. The number of aromatic nitrogens is 1. The van der Waals surface area contributed by atoms with E-state index < -0.39 is 29.9 Å². The van der Waals surface area contributed by atoms with Crippen molar-refractivity contribution in [2.45, 2.75) is 71.3 Å². The summed E-state index contributed by atoms with van der Waals surface area (Å²) in [6, 6.07) is -0.536. The molecule has 0 atom stereocenters. The van der Waals surface area contributed by atoms with Crippen molar-refractivity contribution < 1.29 is 23.9 Å². The van der Waals surface area contributed by atoms with Gasteiger partial charge in [0.2, 0.25) is 0 Å². The lowest BCUT2D eigenvalue weighted by Gasteiger charge is -2.28. The van der Waals surface area contributed by atoms with Crippen molar-refractivity contribution in [3.8, 4) is 0 Å². The number of esters is 1. The molecular weight excluding hydrogens is 374 g/mol. The minimum absolute atomic E-state index is 0.169. The van der Waals surface area contributed by atoms with Crippen LogP contribution in [0.4, 0.5) is 4.79 Å². The topological polar surface area (TPSA) is 109 Å². The fourth-order valence-electron chi connectivity index (χ4n) is 4.48. The van der Waals surface area contributed by atoms with Gasteiger partial charge in [0.1, 0.15) is 5.54 Å². The maximum Gasteiger partial charge on any atom is 0.340 e. The number of aryl methyl sites for hydroxylation is 2. The highest BCUT2D eigenvalue weighted by Gasteiger charge is 2.51. The lowest BCUT2D eigenvalue weighted by atomic mass is 9.84. The lowest BCUT2D eigenvalue weighted by molar-refractivity contribution is -0.131. The Balaban J connectivity index is 1.83. The number of imide groups is 1. The van der Waals surface area contributed by atoms with Gasteiger partial charge in [-0.3, -0.25) is 14.5 Å². The van der Waals surface area contributed by atoms with Gasteiger partial charge in [-0.2, -0.15) is 0 Å². The summed E-state index contributed by atoms with van der Waals surface area (Å²) >= 11 is 0. The number of carbonyl (C=O) groups excluding carboxylic acids is 4.